The van der Waals surface area contributed by atoms with Crippen molar-refractivity contribution in [2.24, 2.45) is 5.73 Å². The molecule has 124 valence electrons. The first kappa shape index (κ1) is 17.6. The Morgan fingerprint density at radius 2 is 1.95 bits per heavy atom. The normalized spacial score (nSPS) is 17.8. The number of hydrogen-bond acceptors (Lipinski definition) is 3. The molecular formula is C15H19BrF3NO2. The molecule has 2 rings (SSSR count). The summed E-state index contributed by atoms with van der Waals surface area (Å²) in [6, 6.07) is 3.65. The average Bonchev–Trinajstić information content (AvgIpc) is 2.83. The molecule has 1 aromatic carbocycles. The lowest BCUT2D eigenvalue weighted by Crippen LogP contribution is -2.54. The van der Waals surface area contributed by atoms with Gasteiger partial charge in [0.15, 0.2) is 5.60 Å². The second kappa shape index (κ2) is 5.69. The Morgan fingerprint density at radius 1 is 1.32 bits per heavy atom. The number of benzene rings is 1. The van der Waals surface area contributed by atoms with Crippen LogP contribution in [0.4, 0.5) is 13.2 Å². The molecular weight excluding hydrogens is 363 g/mol. The van der Waals surface area contributed by atoms with Crippen molar-refractivity contribution in [2.75, 3.05) is 13.2 Å². The molecule has 3 N–H and O–H groups in total. The number of alkyl halides is 3. The maximum Gasteiger partial charge on any atom is 0.418 e. The van der Waals surface area contributed by atoms with Gasteiger partial charge in [-0.2, -0.15) is 13.2 Å². The third-order valence-corrected chi connectivity index (χ3v) is 4.54. The minimum Gasteiger partial charge on any atom is -0.493 e. The number of fused-ring (bicyclic) bond motifs is 1. The van der Waals surface area contributed by atoms with Crippen LogP contribution in [0.2, 0.25) is 0 Å². The average molecular weight is 382 g/mol. The zero-order valence-corrected chi connectivity index (χ0v) is 14.0. The lowest BCUT2D eigenvalue weighted by Gasteiger charge is -2.37. The zero-order chi connectivity index (χ0) is 16.8. The van der Waals surface area contributed by atoms with E-state index in [4.69, 9.17) is 10.5 Å². The molecule has 7 heteroatoms. The first-order valence-corrected chi connectivity index (χ1v) is 7.74. The van der Waals surface area contributed by atoms with Crippen LogP contribution < -0.4 is 10.5 Å². The number of ether oxygens (including phenoxy) is 1. The van der Waals surface area contributed by atoms with E-state index in [2.05, 4.69) is 15.9 Å². The predicted octanol–water partition coefficient (Wildman–Crippen LogP) is 3.30. The van der Waals surface area contributed by atoms with E-state index in [1.54, 1.807) is 19.9 Å². The van der Waals surface area contributed by atoms with Crippen LogP contribution >= 0.6 is 15.9 Å². The molecule has 1 aromatic rings. The highest BCUT2D eigenvalue weighted by Crippen LogP contribution is 2.46. The molecule has 0 aromatic heterocycles. The predicted molar refractivity (Wildman–Crippen MR) is 81.0 cm³/mol. The molecule has 0 fully saturated rings. The Morgan fingerprint density at radius 3 is 2.50 bits per heavy atom. The summed E-state index contributed by atoms with van der Waals surface area (Å²) in [5, 5.41) is 9.97. The van der Waals surface area contributed by atoms with Crippen molar-refractivity contribution >= 4 is 15.9 Å². The number of aliphatic hydroxyl groups is 1. The molecule has 0 aliphatic carbocycles. The van der Waals surface area contributed by atoms with Crippen molar-refractivity contribution < 1.29 is 23.0 Å². The monoisotopic (exact) mass is 381 g/mol. The first-order valence-electron chi connectivity index (χ1n) is 6.95. The fraction of sp³-hybridized carbons (Fsp3) is 0.600. The first-order chi connectivity index (χ1) is 10.00. The van der Waals surface area contributed by atoms with Crippen molar-refractivity contribution in [1.29, 1.82) is 0 Å². The van der Waals surface area contributed by atoms with Gasteiger partial charge < -0.3 is 15.6 Å². The maximum atomic E-state index is 13.1. The summed E-state index contributed by atoms with van der Waals surface area (Å²) in [5.74, 6) is 0.620. The van der Waals surface area contributed by atoms with Crippen LogP contribution in [0.25, 0.3) is 0 Å². The number of hydrogen-bond donors (Lipinski definition) is 2. The zero-order valence-electron chi connectivity index (χ0n) is 12.4. The lowest BCUT2D eigenvalue weighted by atomic mass is 9.74. The molecule has 1 atom stereocenters. The molecule has 0 bridgehead atoms. The van der Waals surface area contributed by atoms with Crippen molar-refractivity contribution in [2.45, 2.75) is 43.9 Å². The summed E-state index contributed by atoms with van der Waals surface area (Å²) < 4.78 is 45.8. The topological polar surface area (TPSA) is 55.5 Å². The van der Waals surface area contributed by atoms with Crippen molar-refractivity contribution in [1.82, 2.24) is 0 Å². The van der Waals surface area contributed by atoms with Gasteiger partial charge in [0, 0.05) is 23.0 Å². The molecule has 0 amide bonds. The Hall–Kier alpha value is -0.790. The van der Waals surface area contributed by atoms with Crippen LogP contribution in [0.5, 0.6) is 5.75 Å². The molecule has 1 heterocycles. The number of halogens is 4. The Kier molecular flexibility index (Phi) is 4.54. The van der Waals surface area contributed by atoms with Gasteiger partial charge in [-0.15, -0.1) is 0 Å². The van der Waals surface area contributed by atoms with Crippen LogP contribution in [-0.2, 0) is 11.8 Å². The molecule has 1 aliphatic heterocycles. The quantitative estimate of drug-likeness (QED) is 0.840. The molecule has 0 saturated carbocycles. The SMILES string of the molecule is CC(C)(CC(O)(CN)C(F)(F)F)c1cc(Br)cc2c1OCC2. The molecule has 0 saturated heterocycles. The smallest absolute Gasteiger partial charge is 0.418 e. The minimum atomic E-state index is -4.78. The van der Waals surface area contributed by atoms with Crippen molar-refractivity contribution in [3.8, 4) is 5.75 Å². The summed E-state index contributed by atoms with van der Waals surface area (Å²) in [6.07, 6.45) is -4.60. The maximum absolute atomic E-state index is 13.1. The summed E-state index contributed by atoms with van der Waals surface area (Å²) in [4.78, 5) is 0. The third-order valence-electron chi connectivity index (χ3n) is 4.08. The van der Waals surface area contributed by atoms with Gasteiger partial charge >= 0.3 is 6.18 Å². The highest BCUT2D eigenvalue weighted by molar-refractivity contribution is 9.10. The van der Waals surface area contributed by atoms with Gasteiger partial charge in [0.25, 0.3) is 0 Å². The van der Waals surface area contributed by atoms with Crippen LogP contribution in [0.1, 0.15) is 31.4 Å². The Labute approximate surface area is 135 Å². The van der Waals surface area contributed by atoms with Gasteiger partial charge in [-0.1, -0.05) is 29.8 Å². The van der Waals surface area contributed by atoms with E-state index >= 15 is 0 Å². The van der Waals surface area contributed by atoms with Crippen LogP contribution in [0.15, 0.2) is 16.6 Å². The molecule has 0 spiro atoms. The largest absolute Gasteiger partial charge is 0.493 e. The van der Waals surface area contributed by atoms with E-state index < -0.39 is 30.2 Å². The van der Waals surface area contributed by atoms with Gasteiger partial charge in [-0.3, -0.25) is 0 Å². The fourth-order valence-electron chi connectivity index (χ4n) is 2.89. The second-order valence-electron chi connectivity index (χ2n) is 6.33. The second-order valence-corrected chi connectivity index (χ2v) is 7.25. The summed E-state index contributed by atoms with van der Waals surface area (Å²) in [7, 11) is 0. The molecule has 3 nitrogen and oxygen atoms in total. The van der Waals surface area contributed by atoms with Gasteiger partial charge in [0.2, 0.25) is 0 Å². The van der Waals surface area contributed by atoms with Gasteiger partial charge in [0.1, 0.15) is 5.75 Å². The molecule has 22 heavy (non-hydrogen) atoms. The number of rotatable bonds is 4. The Bertz CT molecular complexity index is 575. The van der Waals surface area contributed by atoms with Crippen LogP contribution in [0, 0.1) is 0 Å². The minimum absolute atomic E-state index is 0.509. The Balaban J connectivity index is 2.43. The summed E-state index contributed by atoms with van der Waals surface area (Å²) in [5.41, 5.74) is 2.93. The summed E-state index contributed by atoms with van der Waals surface area (Å²) in [6.45, 7) is 2.94. The van der Waals surface area contributed by atoms with E-state index in [1.807, 2.05) is 6.07 Å². The van der Waals surface area contributed by atoms with Crippen LogP contribution in [-0.4, -0.2) is 30.0 Å². The van der Waals surface area contributed by atoms with E-state index in [-0.39, 0.29) is 0 Å². The van der Waals surface area contributed by atoms with Crippen molar-refractivity contribution in [3.63, 3.8) is 0 Å². The highest BCUT2D eigenvalue weighted by Gasteiger charge is 2.55. The summed E-state index contributed by atoms with van der Waals surface area (Å²) >= 11 is 3.38. The van der Waals surface area contributed by atoms with E-state index in [0.29, 0.717) is 17.9 Å². The molecule has 0 radical (unpaired) electrons. The van der Waals surface area contributed by atoms with Crippen molar-refractivity contribution in [3.05, 3.63) is 27.7 Å². The van der Waals surface area contributed by atoms with Crippen LogP contribution in [0.3, 0.4) is 0 Å². The van der Waals surface area contributed by atoms with Gasteiger partial charge in [0.05, 0.1) is 6.61 Å². The fourth-order valence-corrected chi connectivity index (χ4v) is 3.39. The standard InChI is InChI=1S/C15H19BrF3NO2/c1-13(2,7-14(21,8-20)15(17,18)19)11-6-10(16)5-9-3-4-22-12(9)11/h5-6,21H,3-4,7-8,20H2,1-2H3. The van der Waals surface area contributed by atoms with E-state index in [1.165, 1.54) is 0 Å². The molecule has 1 unspecified atom stereocenters. The molecule has 1 aliphatic rings. The highest BCUT2D eigenvalue weighted by atomic mass is 79.9. The van der Waals surface area contributed by atoms with Gasteiger partial charge in [-0.05, 0) is 29.5 Å². The van der Waals surface area contributed by atoms with Gasteiger partial charge in [-0.25, -0.2) is 0 Å². The van der Waals surface area contributed by atoms with E-state index in [0.717, 1.165) is 16.5 Å². The third kappa shape index (κ3) is 3.12. The number of nitrogens with two attached hydrogens (primary N) is 1. The lowest BCUT2D eigenvalue weighted by molar-refractivity contribution is -0.262. The van der Waals surface area contributed by atoms with E-state index in [9.17, 15) is 18.3 Å².